The fourth-order valence-corrected chi connectivity index (χ4v) is 0. The molecule has 0 saturated carbocycles. The smallest absolute Gasteiger partial charge is 0.394 e. The van der Waals surface area contributed by atoms with Crippen LogP contribution >= 0.6 is 0 Å². The van der Waals surface area contributed by atoms with Crippen molar-refractivity contribution in [2.24, 2.45) is 0 Å². The van der Waals surface area contributed by atoms with Crippen LogP contribution in [0.15, 0.2) is 0 Å². The Morgan fingerprint density at radius 3 is 1.12 bits per heavy atom. The van der Waals surface area contributed by atoms with Gasteiger partial charge in [0.05, 0.1) is 0 Å². The molecule has 0 rings (SSSR count). The lowest BCUT2D eigenvalue weighted by molar-refractivity contribution is 0.381. The third kappa shape index (κ3) is 1720. The summed E-state index contributed by atoms with van der Waals surface area (Å²) in [6.45, 7) is 0. The van der Waals surface area contributed by atoms with Crippen LogP contribution in [0, 0.1) is 0 Å². The van der Waals surface area contributed by atoms with Crippen LogP contribution in [0.5, 0.6) is 0 Å². The lowest BCUT2D eigenvalue weighted by Crippen LogP contribution is -1.89. The molecule has 7 N–H and O–H groups in total. The monoisotopic (exact) mass is 160 g/mol. The molecule has 51 valence electrons. The van der Waals surface area contributed by atoms with Crippen LogP contribution in [0.4, 0.5) is 0 Å². The van der Waals surface area contributed by atoms with E-state index in [0.717, 1.165) is 0 Å². The van der Waals surface area contributed by atoms with Gasteiger partial charge in [-0.3, -0.25) is 9.11 Å². The highest BCUT2D eigenvalue weighted by Crippen LogP contribution is 1.59. The molecule has 3 radical (unpaired) electrons. The molecule has 0 aliphatic carbocycles. The van der Waals surface area contributed by atoms with E-state index in [2.05, 4.69) is 0 Å². The Labute approximate surface area is 57.5 Å². The molecule has 0 aliphatic heterocycles. The molecule has 0 fully saturated rings. The molecule has 0 saturated heterocycles. The molecule has 0 unspecified atom stereocenters. The molecule has 0 heterocycles. The van der Waals surface area contributed by atoms with Gasteiger partial charge in [0.2, 0.25) is 0 Å². The van der Waals surface area contributed by atoms with Crippen molar-refractivity contribution < 1.29 is 23.0 Å². The predicted octanol–water partition coefficient (Wildman–Crippen LogP) is -1.70. The summed E-state index contributed by atoms with van der Waals surface area (Å²) in [5.41, 5.74) is 0. The van der Waals surface area contributed by atoms with Gasteiger partial charge in [-0.05, 0) is 0 Å². The number of rotatable bonds is 0. The van der Waals surface area contributed by atoms with Gasteiger partial charge in [0, 0.05) is 17.4 Å². The summed E-state index contributed by atoms with van der Waals surface area (Å²) >= 11 is 0. The summed E-state index contributed by atoms with van der Waals surface area (Å²) in [7, 11) is -4.67. The second-order valence-electron chi connectivity index (χ2n) is 0.448. The van der Waals surface area contributed by atoms with E-state index in [1.165, 1.54) is 0 Å². The normalized spacial score (nSPS) is 7.25. The van der Waals surface area contributed by atoms with Crippen LogP contribution in [-0.4, -0.2) is 40.4 Å². The molecule has 0 aromatic heterocycles. The van der Waals surface area contributed by atoms with Gasteiger partial charge >= 0.3 is 10.4 Å². The third-order valence-electron chi connectivity index (χ3n) is 0. The number of hydrogen-bond donors (Lipinski definition) is 3. The van der Waals surface area contributed by atoms with Crippen molar-refractivity contribution in [3.05, 3.63) is 0 Å². The first-order chi connectivity index (χ1) is 2.00. The van der Waals surface area contributed by atoms with Gasteiger partial charge in [-0.25, -0.2) is 0 Å². The third-order valence-corrected chi connectivity index (χ3v) is 0. The van der Waals surface area contributed by atoms with Gasteiger partial charge < -0.3 is 11.6 Å². The maximum absolute atomic E-state index is 8.74. The van der Waals surface area contributed by atoms with Gasteiger partial charge in [-0.15, -0.1) is 0 Å². The highest BCUT2D eigenvalue weighted by atomic mass is 32.3. The molecule has 0 amide bonds. The highest BCUT2D eigenvalue weighted by Gasteiger charge is 1.84. The van der Waals surface area contributed by atoms with Crippen LogP contribution in [0.2, 0.25) is 0 Å². The Kier molecular flexibility index (Phi) is 21.9. The van der Waals surface area contributed by atoms with E-state index in [1.54, 1.807) is 0 Å². The van der Waals surface area contributed by atoms with Crippen LogP contribution in [0.1, 0.15) is 0 Å². The minimum Gasteiger partial charge on any atom is -0.412 e. The summed E-state index contributed by atoms with van der Waals surface area (Å²) in [4.78, 5) is 0. The molecular formula is H7AlNO5S. The zero-order valence-electron chi connectivity index (χ0n) is 3.90. The lowest BCUT2D eigenvalue weighted by Gasteiger charge is -1.68. The van der Waals surface area contributed by atoms with Crippen LogP contribution < -0.4 is 6.15 Å². The first-order valence-corrected chi connectivity index (χ1v) is 2.10. The minimum atomic E-state index is -4.67. The average Bonchev–Trinajstić information content (AvgIpc) is 0.722. The standard InChI is InChI=1S/Al.H3N.H2O4S.H2O/c;;1-5(2,3)4;/h;1H3;(H2,1,2,3,4);1H2. The average molecular weight is 160 g/mol. The van der Waals surface area contributed by atoms with E-state index in [-0.39, 0.29) is 29.0 Å². The highest BCUT2D eigenvalue weighted by molar-refractivity contribution is 7.79. The molecular weight excluding hydrogens is 153 g/mol. The Balaban J connectivity index is -0.0000000267. The van der Waals surface area contributed by atoms with Crippen molar-refractivity contribution in [1.82, 2.24) is 6.15 Å². The van der Waals surface area contributed by atoms with Gasteiger partial charge in [-0.2, -0.15) is 8.42 Å². The summed E-state index contributed by atoms with van der Waals surface area (Å²) in [6, 6.07) is 0. The van der Waals surface area contributed by atoms with E-state index >= 15 is 0 Å². The molecule has 0 aliphatic rings. The molecule has 0 bridgehead atoms. The van der Waals surface area contributed by atoms with E-state index in [4.69, 9.17) is 17.5 Å². The van der Waals surface area contributed by atoms with Crippen molar-refractivity contribution in [2.45, 2.75) is 0 Å². The zero-order valence-corrected chi connectivity index (χ0v) is 5.87. The van der Waals surface area contributed by atoms with Gasteiger partial charge in [-0.1, -0.05) is 0 Å². The van der Waals surface area contributed by atoms with Crippen molar-refractivity contribution in [3.8, 4) is 0 Å². The summed E-state index contributed by atoms with van der Waals surface area (Å²) in [5, 5.41) is 0. The Morgan fingerprint density at radius 1 is 1.12 bits per heavy atom. The van der Waals surface area contributed by atoms with Crippen molar-refractivity contribution in [3.63, 3.8) is 0 Å². The second kappa shape index (κ2) is 7.32. The van der Waals surface area contributed by atoms with Crippen molar-refractivity contribution in [1.29, 1.82) is 0 Å². The minimum absolute atomic E-state index is 0. The molecule has 8 heteroatoms. The van der Waals surface area contributed by atoms with E-state index in [9.17, 15) is 0 Å². The molecule has 0 atom stereocenters. The van der Waals surface area contributed by atoms with Crippen molar-refractivity contribution in [2.75, 3.05) is 0 Å². The summed E-state index contributed by atoms with van der Waals surface area (Å²) in [5.74, 6) is 0. The Hall–Kier alpha value is 0.322. The largest absolute Gasteiger partial charge is 0.412 e. The van der Waals surface area contributed by atoms with E-state index in [1.807, 2.05) is 0 Å². The van der Waals surface area contributed by atoms with Gasteiger partial charge in [0.25, 0.3) is 0 Å². The zero-order chi connectivity index (χ0) is 4.50. The fraction of sp³-hybridized carbons (Fsp3) is 0. The fourth-order valence-electron chi connectivity index (χ4n) is 0. The summed E-state index contributed by atoms with van der Waals surface area (Å²) < 4.78 is 31.6. The van der Waals surface area contributed by atoms with Crippen LogP contribution in [0.3, 0.4) is 0 Å². The lowest BCUT2D eigenvalue weighted by atomic mass is 14.0. The van der Waals surface area contributed by atoms with E-state index in [0.29, 0.717) is 0 Å². The first-order valence-electron chi connectivity index (χ1n) is 0.698. The topological polar surface area (TPSA) is 141 Å². The molecule has 8 heavy (non-hydrogen) atoms. The number of hydrogen-bond acceptors (Lipinski definition) is 3. The molecule has 0 aromatic rings. The molecule has 0 aromatic carbocycles. The van der Waals surface area contributed by atoms with Crippen LogP contribution in [0.25, 0.3) is 0 Å². The van der Waals surface area contributed by atoms with Gasteiger partial charge in [0.1, 0.15) is 0 Å². The maximum atomic E-state index is 8.74. The van der Waals surface area contributed by atoms with Crippen molar-refractivity contribution >= 4 is 27.8 Å². The predicted molar refractivity (Wildman–Crippen MR) is 28.6 cm³/mol. The van der Waals surface area contributed by atoms with Gasteiger partial charge in [0.15, 0.2) is 0 Å². The molecule has 0 spiro atoms. The Bertz CT molecular complexity index is 95.6. The Morgan fingerprint density at radius 2 is 1.12 bits per heavy atom. The summed E-state index contributed by atoms with van der Waals surface area (Å²) in [6.07, 6.45) is 0. The van der Waals surface area contributed by atoms with Crippen LogP contribution in [-0.2, 0) is 10.4 Å². The maximum Gasteiger partial charge on any atom is 0.394 e. The second-order valence-corrected chi connectivity index (χ2v) is 1.34. The van der Waals surface area contributed by atoms with E-state index < -0.39 is 10.4 Å². The first kappa shape index (κ1) is 23.9. The SMILES string of the molecule is N.O.O=S(=O)(O)O.[Al]. The molecule has 6 nitrogen and oxygen atoms in total. The quantitative estimate of drug-likeness (QED) is 0.286.